The number of benzene rings is 1. The second-order valence-electron chi connectivity index (χ2n) is 4.45. The van der Waals surface area contributed by atoms with Crippen molar-refractivity contribution in [1.29, 1.82) is 0 Å². The number of nitro groups is 1. The molecule has 0 aliphatic carbocycles. The summed E-state index contributed by atoms with van der Waals surface area (Å²) >= 11 is 0. The summed E-state index contributed by atoms with van der Waals surface area (Å²) in [7, 11) is -1.56. The summed E-state index contributed by atoms with van der Waals surface area (Å²) in [5, 5.41) is 16.2. The number of anilines is 1. The molecule has 0 heterocycles. The Hall–Kier alpha value is -2.16. The molecule has 1 rings (SSSR count). The quantitative estimate of drug-likeness (QED) is 0.436. The van der Waals surface area contributed by atoms with Gasteiger partial charge in [-0.05, 0) is 18.6 Å². The SMILES string of the molecule is CNc1cccc(C(=O)NCCCS(C)(=O)=O)c1[N+](=O)[O-]. The van der Waals surface area contributed by atoms with Gasteiger partial charge in [-0.15, -0.1) is 0 Å². The van der Waals surface area contributed by atoms with Crippen LogP contribution >= 0.6 is 0 Å². The summed E-state index contributed by atoms with van der Waals surface area (Å²) < 4.78 is 21.9. The lowest BCUT2D eigenvalue weighted by Crippen LogP contribution is -2.26. The van der Waals surface area contributed by atoms with Crippen molar-refractivity contribution in [2.24, 2.45) is 0 Å². The van der Waals surface area contributed by atoms with Gasteiger partial charge in [0.2, 0.25) is 0 Å². The minimum Gasteiger partial charge on any atom is -0.383 e. The highest BCUT2D eigenvalue weighted by Gasteiger charge is 2.23. The van der Waals surface area contributed by atoms with Crippen molar-refractivity contribution in [2.45, 2.75) is 6.42 Å². The molecule has 9 heteroatoms. The predicted octanol–water partition coefficient (Wildman–Crippen LogP) is 0.801. The lowest BCUT2D eigenvalue weighted by molar-refractivity contribution is -0.384. The van der Waals surface area contributed by atoms with Crippen molar-refractivity contribution in [2.75, 3.05) is 30.9 Å². The lowest BCUT2D eigenvalue weighted by atomic mass is 10.1. The number of nitro benzene ring substituents is 1. The summed E-state index contributed by atoms with van der Waals surface area (Å²) in [4.78, 5) is 22.4. The van der Waals surface area contributed by atoms with Gasteiger partial charge in [-0.2, -0.15) is 0 Å². The first kappa shape index (κ1) is 16.9. The molecule has 0 aromatic heterocycles. The monoisotopic (exact) mass is 315 g/mol. The van der Waals surface area contributed by atoms with E-state index in [9.17, 15) is 23.3 Å². The summed E-state index contributed by atoms with van der Waals surface area (Å²) in [5.41, 5.74) is -0.129. The first-order chi connectivity index (χ1) is 9.76. The van der Waals surface area contributed by atoms with E-state index in [-0.39, 0.29) is 35.7 Å². The highest BCUT2D eigenvalue weighted by molar-refractivity contribution is 7.90. The maximum atomic E-state index is 12.0. The van der Waals surface area contributed by atoms with Crippen molar-refractivity contribution in [3.8, 4) is 0 Å². The Morgan fingerprint density at radius 1 is 1.38 bits per heavy atom. The van der Waals surface area contributed by atoms with E-state index in [0.717, 1.165) is 6.26 Å². The second kappa shape index (κ2) is 7.02. The van der Waals surface area contributed by atoms with E-state index in [1.165, 1.54) is 25.2 Å². The molecule has 21 heavy (non-hydrogen) atoms. The average Bonchev–Trinajstić information content (AvgIpc) is 2.41. The van der Waals surface area contributed by atoms with Crippen LogP contribution in [0.4, 0.5) is 11.4 Å². The van der Waals surface area contributed by atoms with Crippen molar-refractivity contribution in [1.82, 2.24) is 5.32 Å². The van der Waals surface area contributed by atoms with Gasteiger partial charge in [0.25, 0.3) is 5.91 Å². The topological polar surface area (TPSA) is 118 Å². The Balaban J connectivity index is 2.81. The maximum Gasteiger partial charge on any atom is 0.305 e. The minimum absolute atomic E-state index is 0.0497. The number of para-hydroxylation sites is 1. The summed E-state index contributed by atoms with van der Waals surface area (Å²) in [6, 6.07) is 4.38. The number of carbonyl (C=O) groups is 1. The summed E-state index contributed by atoms with van der Waals surface area (Å²) in [5.74, 6) is -0.654. The lowest BCUT2D eigenvalue weighted by Gasteiger charge is -2.08. The normalized spacial score (nSPS) is 11.0. The van der Waals surface area contributed by atoms with Gasteiger partial charge in [0.15, 0.2) is 0 Å². The van der Waals surface area contributed by atoms with E-state index in [1.807, 2.05) is 0 Å². The molecule has 0 aliphatic heterocycles. The van der Waals surface area contributed by atoms with Crippen LogP contribution in [0.5, 0.6) is 0 Å². The van der Waals surface area contributed by atoms with Gasteiger partial charge in [-0.25, -0.2) is 8.42 Å². The molecule has 0 unspecified atom stereocenters. The fraction of sp³-hybridized carbons (Fsp3) is 0.417. The van der Waals surface area contributed by atoms with Crippen LogP contribution in [0.15, 0.2) is 18.2 Å². The fourth-order valence-corrected chi connectivity index (χ4v) is 2.43. The highest BCUT2D eigenvalue weighted by atomic mass is 32.2. The van der Waals surface area contributed by atoms with Crippen LogP contribution in [0.2, 0.25) is 0 Å². The highest BCUT2D eigenvalue weighted by Crippen LogP contribution is 2.28. The Bertz CT molecular complexity index is 642. The molecule has 0 radical (unpaired) electrons. The van der Waals surface area contributed by atoms with Crippen LogP contribution in [-0.2, 0) is 9.84 Å². The van der Waals surface area contributed by atoms with Crippen LogP contribution in [0.25, 0.3) is 0 Å². The zero-order valence-corrected chi connectivity index (χ0v) is 12.6. The van der Waals surface area contributed by atoms with Crippen molar-refractivity contribution < 1.29 is 18.1 Å². The molecule has 1 aromatic carbocycles. The van der Waals surface area contributed by atoms with Crippen molar-refractivity contribution in [3.05, 3.63) is 33.9 Å². The Kier molecular flexibility index (Phi) is 5.65. The number of nitrogens with one attached hydrogen (secondary N) is 2. The molecule has 0 fully saturated rings. The van der Waals surface area contributed by atoms with Crippen LogP contribution in [0.3, 0.4) is 0 Å². The van der Waals surface area contributed by atoms with Crippen LogP contribution in [0.1, 0.15) is 16.8 Å². The van der Waals surface area contributed by atoms with Crippen LogP contribution in [-0.4, -0.2) is 44.8 Å². The van der Waals surface area contributed by atoms with E-state index in [1.54, 1.807) is 0 Å². The molecule has 0 bridgehead atoms. The molecule has 0 atom stereocenters. The van der Waals surface area contributed by atoms with Gasteiger partial charge in [0.1, 0.15) is 21.1 Å². The Morgan fingerprint density at radius 3 is 2.57 bits per heavy atom. The number of hydrogen-bond acceptors (Lipinski definition) is 6. The van der Waals surface area contributed by atoms with Crippen LogP contribution < -0.4 is 10.6 Å². The van der Waals surface area contributed by atoms with E-state index >= 15 is 0 Å². The third-order valence-electron chi connectivity index (χ3n) is 2.71. The number of sulfone groups is 1. The van der Waals surface area contributed by atoms with Gasteiger partial charge in [0, 0.05) is 19.8 Å². The zero-order valence-electron chi connectivity index (χ0n) is 11.8. The molecule has 2 N–H and O–H groups in total. The largest absolute Gasteiger partial charge is 0.383 e. The smallest absolute Gasteiger partial charge is 0.305 e. The zero-order chi connectivity index (χ0) is 16.0. The van der Waals surface area contributed by atoms with E-state index < -0.39 is 20.7 Å². The van der Waals surface area contributed by atoms with E-state index in [0.29, 0.717) is 0 Å². The number of carbonyl (C=O) groups excluding carboxylic acids is 1. The average molecular weight is 315 g/mol. The number of amides is 1. The van der Waals surface area contributed by atoms with Gasteiger partial charge in [0.05, 0.1) is 10.7 Å². The fourth-order valence-electron chi connectivity index (χ4n) is 1.76. The van der Waals surface area contributed by atoms with E-state index in [4.69, 9.17) is 0 Å². The summed E-state index contributed by atoms with van der Waals surface area (Å²) in [6.45, 7) is 0.132. The van der Waals surface area contributed by atoms with Crippen molar-refractivity contribution >= 4 is 27.1 Å². The molecule has 8 nitrogen and oxygen atoms in total. The first-order valence-electron chi connectivity index (χ1n) is 6.17. The molecular formula is C12H17N3O5S. The molecule has 0 spiro atoms. The summed E-state index contributed by atoms with van der Waals surface area (Å²) in [6.07, 6.45) is 1.36. The minimum atomic E-state index is -3.09. The van der Waals surface area contributed by atoms with Gasteiger partial charge >= 0.3 is 5.69 Å². The third kappa shape index (κ3) is 5.03. The number of hydrogen-bond donors (Lipinski definition) is 2. The molecule has 1 amide bonds. The van der Waals surface area contributed by atoms with Gasteiger partial charge < -0.3 is 10.6 Å². The van der Waals surface area contributed by atoms with Crippen LogP contribution in [0, 0.1) is 10.1 Å². The molecule has 0 saturated carbocycles. The second-order valence-corrected chi connectivity index (χ2v) is 6.71. The van der Waals surface area contributed by atoms with Gasteiger partial charge in [-0.3, -0.25) is 14.9 Å². The van der Waals surface area contributed by atoms with Gasteiger partial charge in [-0.1, -0.05) is 6.07 Å². The number of rotatable bonds is 7. The standard InChI is InChI=1S/C12H17N3O5S/c1-13-10-6-3-5-9(11(10)15(17)18)12(16)14-7-4-8-21(2,19)20/h3,5-6,13H,4,7-8H2,1-2H3,(H,14,16). The first-order valence-corrected chi connectivity index (χ1v) is 8.23. The molecular weight excluding hydrogens is 298 g/mol. The van der Waals surface area contributed by atoms with E-state index in [2.05, 4.69) is 10.6 Å². The molecule has 1 aromatic rings. The third-order valence-corrected chi connectivity index (χ3v) is 3.74. The molecule has 116 valence electrons. The maximum absolute atomic E-state index is 12.0. The Labute approximate surface area is 122 Å². The molecule has 0 saturated heterocycles. The van der Waals surface area contributed by atoms with Crippen molar-refractivity contribution in [3.63, 3.8) is 0 Å². The number of nitrogens with zero attached hydrogens (tertiary/aromatic N) is 1. The Morgan fingerprint density at radius 2 is 2.05 bits per heavy atom. The molecule has 0 aliphatic rings. The predicted molar refractivity (Wildman–Crippen MR) is 79.3 cm³/mol.